The first-order valence-electron chi connectivity index (χ1n) is 5.48. The van der Waals surface area contributed by atoms with Gasteiger partial charge in [0.2, 0.25) is 5.88 Å². The summed E-state index contributed by atoms with van der Waals surface area (Å²) in [6.45, 7) is 0. The molecule has 2 rings (SSSR count). The second kappa shape index (κ2) is 5.46. The molecule has 0 aliphatic rings. The number of nitrogens with two attached hydrogens (primary N) is 1. The number of hydrogen-bond donors (Lipinski definition) is 1. The van der Waals surface area contributed by atoms with Crippen molar-refractivity contribution in [3.8, 4) is 11.6 Å². The zero-order chi connectivity index (χ0) is 14.8. The molecule has 0 bridgehead atoms. The van der Waals surface area contributed by atoms with E-state index in [-0.39, 0.29) is 16.6 Å². The van der Waals surface area contributed by atoms with Crippen LogP contribution in [0, 0.1) is 0 Å². The van der Waals surface area contributed by atoms with E-state index in [2.05, 4.69) is 4.98 Å². The van der Waals surface area contributed by atoms with Gasteiger partial charge in [0.05, 0.1) is 5.56 Å². The van der Waals surface area contributed by atoms with Crippen molar-refractivity contribution in [2.24, 2.45) is 5.73 Å². The van der Waals surface area contributed by atoms with Crippen LogP contribution in [0.1, 0.15) is 11.3 Å². The van der Waals surface area contributed by atoms with E-state index in [9.17, 15) is 13.2 Å². The number of thiocarbonyl (C=S) groups is 1. The molecular weight excluding hydrogens is 289 g/mol. The van der Waals surface area contributed by atoms with E-state index in [0.717, 1.165) is 12.1 Å². The summed E-state index contributed by atoms with van der Waals surface area (Å²) in [6, 6.07) is 9.22. The fourth-order valence-corrected chi connectivity index (χ4v) is 1.58. The standard InChI is InChI=1S/C13H9F3N2OS/c14-13(15,16)8-3-1-4-9(7-8)19-11-6-2-5-10(18-11)12(17)20/h1-7H,(H2,17,20). The molecule has 0 radical (unpaired) electrons. The Morgan fingerprint density at radius 3 is 2.50 bits per heavy atom. The predicted octanol–water partition coefficient (Wildman–Crippen LogP) is 3.53. The van der Waals surface area contributed by atoms with Gasteiger partial charge in [0.25, 0.3) is 0 Å². The van der Waals surface area contributed by atoms with Gasteiger partial charge < -0.3 is 10.5 Å². The minimum Gasteiger partial charge on any atom is -0.439 e. The Balaban J connectivity index is 2.26. The first-order chi connectivity index (χ1) is 9.36. The number of nitrogens with zero attached hydrogens (tertiary/aromatic N) is 1. The summed E-state index contributed by atoms with van der Waals surface area (Å²) >= 11 is 4.77. The molecule has 0 fully saturated rings. The van der Waals surface area contributed by atoms with Crippen molar-refractivity contribution in [2.45, 2.75) is 6.18 Å². The average Bonchev–Trinajstić information content (AvgIpc) is 2.38. The molecule has 1 aromatic carbocycles. The lowest BCUT2D eigenvalue weighted by Gasteiger charge is -2.09. The smallest absolute Gasteiger partial charge is 0.416 e. The van der Waals surface area contributed by atoms with Crippen LogP contribution in [0.5, 0.6) is 11.6 Å². The topological polar surface area (TPSA) is 48.1 Å². The first kappa shape index (κ1) is 14.3. The number of hydrogen-bond acceptors (Lipinski definition) is 3. The lowest BCUT2D eigenvalue weighted by atomic mass is 10.2. The number of alkyl halides is 3. The molecule has 1 aromatic heterocycles. The Bertz CT molecular complexity index is 644. The van der Waals surface area contributed by atoms with E-state index in [1.165, 1.54) is 18.2 Å². The fraction of sp³-hybridized carbons (Fsp3) is 0.0769. The van der Waals surface area contributed by atoms with Gasteiger partial charge in [0.1, 0.15) is 16.4 Å². The van der Waals surface area contributed by atoms with E-state index in [1.807, 2.05) is 0 Å². The van der Waals surface area contributed by atoms with Gasteiger partial charge in [-0.05, 0) is 24.3 Å². The molecule has 0 atom stereocenters. The normalized spacial score (nSPS) is 11.2. The molecule has 0 saturated carbocycles. The highest BCUT2D eigenvalue weighted by atomic mass is 32.1. The van der Waals surface area contributed by atoms with Crippen molar-refractivity contribution >= 4 is 17.2 Å². The third-order valence-corrected chi connectivity index (χ3v) is 2.57. The molecule has 0 saturated heterocycles. The Labute approximate surface area is 118 Å². The van der Waals surface area contributed by atoms with E-state index in [1.54, 1.807) is 12.1 Å². The number of halogens is 3. The van der Waals surface area contributed by atoms with E-state index < -0.39 is 11.7 Å². The molecule has 1 heterocycles. The highest BCUT2D eigenvalue weighted by Gasteiger charge is 2.30. The van der Waals surface area contributed by atoms with Crippen molar-refractivity contribution in [2.75, 3.05) is 0 Å². The summed E-state index contributed by atoms with van der Waals surface area (Å²) in [5.41, 5.74) is 4.97. The van der Waals surface area contributed by atoms with Gasteiger partial charge in [-0.2, -0.15) is 13.2 Å². The van der Waals surface area contributed by atoms with Crippen molar-refractivity contribution in [1.82, 2.24) is 4.98 Å². The van der Waals surface area contributed by atoms with Crippen LogP contribution >= 0.6 is 12.2 Å². The van der Waals surface area contributed by atoms with Crippen LogP contribution in [0.4, 0.5) is 13.2 Å². The Morgan fingerprint density at radius 2 is 1.85 bits per heavy atom. The SMILES string of the molecule is NC(=S)c1cccc(Oc2cccc(C(F)(F)F)c2)n1. The van der Waals surface area contributed by atoms with E-state index >= 15 is 0 Å². The lowest BCUT2D eigenvalue weighted by Crippen LogP contribution is -2.11. The monoisotopic (exact) mass is 298 g/mol. The predicted molar refractivity (Wildman–Crippen MR) is 71.6 cm³/mol. The first-order valence-corrected chi connectivity index (χ1v) is 5.89. The highest BCUT2D eigenvalue weighted by Crippen LogP contribution is 2.32. The number of benzene rings is 1. The zero-order valence-electron chi connectivity index (χ0n) is 10.0. The summed E-state index contributed by atoms with van der Waals surface area (Å²) in [4.78, 5) is 4.07. The molecule has 0 aliphatic heterocycles. The van der Waals surface area contributed by atoms with Gasteiger partial charge >= 0.3 is 6.18 Å². The molecule has 0 amide bonds. The van der Waals surface area contributed by atoms with Crippen molar-refractivity contribution in [3.63, 3.8) is 0 Å². The lowest BCUT2D eigenvalue weighted by molar-refractivity contribution is -0.137. The Hall–Kier alpha value is -2.15. The summed E-state index contributed by atoms with van der Waals surface area (Å²) in [5.74, 6) is 0.155. The molecule has 0 unspecified atom stereocenters. The maximum absolute atomic E-state index is 12.6. The Morgan fingerprint density at radius 1 is 1.15 bits per heavy atom. The van der Waals surface area contributed by atoms with Crippen LogP contribution in [0.25, 0.3) is 0 Å². The van der Waals surface area contributed by atoms with Gasteiger partial charge in [-0.15, -0.1) is 0 Å². The van der Waals surface area contributed by atoms with Gasteiger partial charge in [0, 0.05) is 6.07 Å². The summed E-state index contributed by atoms with van der Waals surface area (Å²) in [7, 11) is 0. The average molecular weight is 298 g/mol. The largest absolute Gasteiger partial charge is 0.439 e. The van der Waals surface area contributed by atoms with Gasteiger partial charge in [-0.1, -0.05) is 24.4 Å². The van der Waals surface area contributed by atoms with E-state index in [0.29, 0.717) is 5.69 Å². The molecule has 3 nitrogen and oxygen atoms in total. The minimum atomic E-state index is -4.42. The third-order valence-electron chi connectivity index (χ3n) is 2.36. The number of rotatable bonds is 3. The van der Waals surface area contributed by atoms with Crippen LogP contribution in [0.15, 0.2) is 42.5 Å². The quantitative estimate of drug-likeness (QED) is 0.881. The molecular formula is C13H9F3N2OS. The third kappa shape index (κ3) is 3.45. The maximum Gasteiger partial charge on any atom is 0.416 e. The van der Waals surface area contributed by atoms with E-state index in [4.69, 9.17) is 22.7 Å². The zero-order valence-corrected chi connectivity index (χ0v) is 10.8. The second-order valence-electron chi connectivity index (χ2n) is 3.85. The number of ether oxygens (including phenoxy) is 1. The van der Waals surface area contributed by atoms with Crippen LogP contribution in [0.2, 0.25) is 0 Å². The number of pyridine rings is 1. The maximum atomic E-state index is 12.6. The van der Waals surface area contributed by atoms with Crippen molar-refractivity contribution < 1.29 is 17.9 Å². The van der Waals surface area contributed by atoms with Crippen LogP contribution < -0.4 is 10.5 Å². The fourth-order valence-electron chi connectivity index (χ4n) is 1.47. The second-order valence-corrected chi connectivity index (χ2v) is 4.29. The molecule has 20 heavy (non-hydrogen) atoms. The highest BCUT2D eigenvalue weighted by molar-refractivity contribution is 7.80. The van der Waals surface area contributed by atoms with Crippen LogP contribution in [0.3, 0.4) is 0 Å². The van der Waals surface area contributed by atoms with Crippen LogP contribution in [-0.2, 0) is 6.18 Å². The summed E-state index contributed by atoms with van der Waals surface area (Å²) in [5, 5.41) is 0. The Kier molecular flexibility index (Phi) is 3.89. The molecule has 2 N–H and O–H groups in total. The van der Waals surface area contributed by atoms with Gasteiger partial charge in [-0.25, -0.2) is 4.98 Å². The molecule has 2 aromatic rings. The molecule has 0 aliphatic carbocycles. The van der Waals surface area contributed by atoms with Gasteiger partial charge in [0.15, 0.2) is 0 Å². The van der Waals surface area contributed by atoms with Crippen molar-refractivity contribution in [3.05, 3.63) is 53.7 Å². The number of aromatic nitrogens is 1. The summed E-state index contributed by atoms with van der Waals surface area (Å²) < 4.78 is 43.0. The molecule has 104 valence electrons. The molecule has 7 heteroatoms. The summed E-state index contributed by atoms with van der Waals surface area (Å²) in [6.07, 6.45) is -4.42. The minimum absolute atomic E-state index is 0.0346. The van der Waals surface area contributed by atoms with Crippen LogP contribution in [-0.4, -0.2) is 9.97 Å². The van der Waals surface area contributed by atoms with Gasteiger partial charge in [-0.3, -0.25) is 0 Å². The molecule has 0 spiro atoms. The van der Waals surface area contributed by atoms with Crippen molar-refractivity contribution in [1.29, 1.82) is 0 Å².